The third-order valence-corrected chi connectivity index (χ3v) is 6.78. The molecule has 0 spiro atoms. The first-order valence-electron chi connectivity index (χ1n) is 10.7. The number of carbonyl (C=O) groups excluding carboxylic acids is 1. The maximum absolute atomic E-state index is 12.7. The molecule has 2 aromatic carbocycles. The van der Waals surface area contributed by atoms with Crippen molar-refractivity contribution in [3.8, 4) is 22.0 Å². The van der Waals surface area contributed by atoms with Gasteiger partial charge in [0.25, 0.3) is 0 Å². The molecule has 1 amide bonds. The number of carbonyl (C=O) groups is 1. The molecule has 0 radical (unpaired) electrons. The molecule has 0 aliphatic carbocycles. The summed E-state index contributed by atoms with van der Waals surface area (Å²) in [5, 5.41) is 15.2. The number of benzene rings is 2. The zero-order valence-corrected chi connectivity index (χ0v) is 19.0. The highest BCUT2D eigenvalue weighted by Gasteiger charge is 2.19. The molecule has 6 nitrogen and oxygen atoms in total. The monoisotopic (exact) mass is 463 g/mol. The molecule has 0 saturated carbocycles. The lowest BCUT2D eigenvalue weighted by Gasteiger charge is -2.11. The van der Waals surface area contributed by atoms with Crippen LogP contribution in [0, 0.1) is 0 Å². The minimum atomic E-state index is -0.122. The molecule has 1 aliphatic rings. The van der Waals surface area contributed by atoms with E-state index in [1.54, 1.807) is 23.5 Å². The normalized spacial score (nSPS) is 13.4. The van der Waals surface area contributed by atoms with Gasteiger partial charge in [-0.15, -0.1) is 21.5 Å². The zero-order valence-electron chi connectivity index (χ0n) is 17.4. The van der Waals surface area contributed by atoms with Crippen LogP contribution in [-0.4, -0.2) is 25.7 Å². The highest BCUT2D eigenvalue weighted by molar-refractivity contribution is 7.13. The van der Waals surface area contributed by atoms with Crippen LogP contribution in [0.4, 0.5) is 5.69 Å². The van der Waals surface area contributed by atoms with Crippen LogP contribution in [0.2, 0.25) is 5.02 Å². The first kappa shape index (κ1) is 20.8. The molecule has 0 saturated heterocycles. The minimum absolute atomic E-state index is 0.122. The van der Waals surface area contributed by atoms with Crippen molar-refractivity contribution in [2.24, 2.45) is 0 Å². The van der Waals surface area contributed by atoms with Crippen LogP contribution in [0.15, 0.2) is 53.9 Å². The molecule has 0 bridgehead atoms. The standard InChI is InChI=1S/C24H22ClN5OS/c25-20-11-10-17(13-19(20)23-29-28-21-9-5-2-6-12-30(21)23)26-22(31)14-18-15-32-24(27-18)16-7-3-1-4-8-16/h1,3-4,7-8,10-11,13,15H,2,5-6,9,12,14H2,(H,26,31). The van der Waals surface area contributed by atoms with E-state index in [1.165, 1.54) is 6.42 Å². The summed E-state index contributed by atoms with van der Waals surface area (Å²) in [6.07, 6.45) is 4.56. The molecule has 8 heteroatoms. The van der Waals surface area contributed by atoms with E-state index in [0.29, 0.717) is 10.7 Å². The van der Waals surface area contributed by atoms with Gasteiger partial charge in [0.1, 0.15) is 10.8 Å². The Balaban J connectivity index is 1.32. The zero-order chi connectivity index (χ0) is 21.9. The van der Waals surface area contributed by atoms with Crippen LogP contribution >= 0.6 is 22.9 Å². The lowest BCUT2D eigenvalue weighted by molar-refractivity contribution is -0.115. The summed E-state index contributed by atoms with van der Waals surface area (Å²) in [5.74, 6) is 1.64. The Morgan fingerprint density at radius 2 is 1.97 bits per heavy atom. The summed E-state index contributed by atoms with van der Waals surface area (Å²) >= 11 is 8.04. The van der Waals surface area contributed by atoms with Crippen molar-refractivity contribution in [1.82, 2.24) is 19.7 Å². The van der Waals surface area contributed by atoms with E-state index in [2.05, 4.69) is 25.1 Å². The highest BCUT2D eigenvalue weighted by atomic mass is 35.5. The molecule has 0 unspecified atom stereocenters. The molecule has 1 aliphatic heterocycles. The summed E-state index contributed by atoms with van der Waals surface area (Å²) in [6, 6.07) is 15.4. The van der Waals surface area contributed by atoms with Gasteiger partial charge in [0.2, 0.25) is 5.91 Å². The third-order valence-electron chi connectivity index (χ3n) is 5.51. The number of anilines is 1. The molecular formula is C24H22ClN5OS. The van der Waals surface area contributed by atoms with E-state index in [1.807, 2.05) is 41.8 Å². The largest absolute Gasteiger partial charge is 0.326 e. The Kier molecular flexibility index (Phi) is 6.01. The van der Waals surface area contributed by atoms with Crippen molar-refractivity contribution < 1.29 is 4.79 Å². The van der Waals surface area contributed by atoms with Crippen LogP contribution in [0.1, 0.15) is 30.8 Å². The Bertz CT molecular complexity index is 1250. The number of rotatable bonds is 5. The fourth-order valence-corrected chi connectivity index (χ4v) is 4.96. The van der Waals surface area contributed by atoms with Gasteiger partial charge in [0, 0.05) is 35.2 Å². The maximum atomic E-state index is 12.7. The average Bonchev–Trinajstić information content (AvgIpc) is 3.36. The summed E-state index contributed by atoms with van der Waals surface area (Å²) in [6.45, 7) is 0.887. The quantitative estimate of drug-likeness (QED) is 0.416. The molecule has 4 aromatic rings. The average molecular weight is 464 g/mol. The van der Waals surface area contributed by atoms with Gasteiger partial charge in [0.05, 0.1) is 17.1 Å². The number of hydrogen-bond acceptors (Lipinski definition) is 5. The number of nitrogens with zero attached hydrogens (tertiary/aromatic N) is 4. The Labute approximate surface area is 195 Å². The number of nitrogens with one attached hydrogen (secondary N) is 1. The highest BCUT2D eigenvalue weighted by Crippen LogP contribution is 2.31. The number of aromatic nitrogens is 4. The molecule has 2 aromatic heterocycles. The van der Waals surface area contributed by atoms with Gasteiger partial charge in [-0.1, -0.05) is 48.4 Å². The van der Waals surface area contributed by atoms with E-state index < -0.39 is 0 Å². The predicted octanol–water partition coefficient (Wildman–Crippen LogP) is 5.63. The van der Waals surface area contributed by atoms with Crippen LogP contribution in [0.25, 0.3) is 22.0 Å². The topological polar surface area (TPSA) is 72.7 Å². The van der Waals surface area contributed by atoms with Crippen molar-refractivity contribution in [3.63, 3.8) is 0 Å². The molecule has 162 valence electrons. The lowest BCUT2D eigenvalue weighted by atomic mass is 10.1. The minimum Gasteiger partial charge on any atom is -0.326 e. The second-order valence-electron chi connectivity index (χ2n) is 7.83. The third kappa shape index (κ3) is 4.45. The van der Waals surface area contributed by atoms with Gasteiger partial charge < -0.3 is 9.88 Å². The summed E-state index contributed by atoms with van der Waals surface area (Å²) < 4.78 is 2.15. The Hall–Kier alpha value is -3.03. The molecule has 0 fully saturated rings. The summed E-state index contributed by atoms with van der Waals surface area (Å²) in [5.41, 5.74) is 3.27. The van der Waals surface area contributed by atoms with Crippen molar-refractivity contribution in [1.29, 1.82) is 0 Å². The predicted molar refractivity (Wildman–Crippen MR) is 128 cm³/mol. The molecule has 1 N–H and O–H groups in total. The summed E-state index contributed by atoms with van der Waals surface area (Å²) in [4.78, 5) is 17.3. The Morgan fingerprint density at radius 1 is 1.09 bits per heavy atom. The number of fused-ring (bicyclic) bond motifs is 1. The van der Waals surface area contributed by atoms with E-state index in [4.69, 9.17) is 11.6 Å². The maximum Gasteiger partial charge on any atom is 0.230 e. The van der Waals surface area contributed by atoms with E-state index in [9.17, 15) is 4.79 Å². The number of thiazole rings is 1. The van der Waals surface area contributed by atoms with Crippen LogP contribution in [-0.2, 0) is 24.2 Å². The first-order valence-corrected chi connectivity index (χ1v) is 11.9. The Morgan fingerprint density at radius 3 is 2.84 bits per heavy atom. The molecule has 0 atom stereocenters. The summed E-state index contributed by atoms with van der Waals surface area (Å²) in [7, 11) is 0. The van der Waals surface area contributed by atoms with Crippen molar-refractivity contribution in [2.75, 3.05) is 5.32 Å². The van der Waals surface area contributed by atoms with E-state index in [-0.39, 0.29) is 12.3 Å². The molecular weight excluding hydrogens is 442 g/mol. The van der Waals surface area contributed by atoms with Crippen molar-refractivity contribution in [2.45, 2.75) is 38.6 Å². The number of halogens is 1. The van der Waals surface area contributed by atoms with Crippen LogP contribution in [0.5, 0.6) is 0 Å². The second-order valence-corrected chi connectivity index (χ2v) is 9.10. The van der Waals surface area contributed by atoms with Gasteiger partial charge in [-0.05, 0) is 31.0 Å². The van der Waals surface area contributed by atoms with E-state index >= 15 is 0 Å². The van der Waals surface area contributed by atoms with Crippen LogP contribution < -0.4 is 5.32 Å². The lowest BCUT2D eigenvalue weighted by Crippen LogP contribution is -2.14. The first-order chi connectivity index (χ1) is 15.7. The van der Waals surface area contributed by atoms with Gasteiger partial charge in [-0.2, -0.15) is 0 Å². The smallest absolute Gasteiger partial charge is 0.230 e. The van der Waals surface area contributed by atoms with E-state index in [0.717, 1.165) is 59.3 Å². The molecule has 32 heavy (non-hydrogen) atoms. The fourth-order valence-electron chi connectivity index (χ4n) is 3.93. The van der Waals surface area contributed by atoms with Gasteiger partial charge in [-0.25, -0.2) is 4.98 Å². The number of aryl methyl sites for hydroxylation is 1. The van der Waals surface area contributed by atoms with Crippen LogP contribution in [0.3, 0.4) is 0 Å². The molecule has 3 heterocycles. The number of amides is 1. The van der Waals surface area contributed by atoms with Gasteiger partial charge in [0.15, 0.2) is 5.82 Å². The number of hydrogen-bond donors (Lipinski definition) is 1. The fraction of sp³-hybridized carbons (Fsp3) is 0.250. The van der Waals surface area contributed by atoms with Gasteiger partial charge in [-0.3, -0.25) is 4.79 Å². The van der Waals surface area contributed by atoms with Crippen molar-refractivity contribution in [3.05, 3.63) is 70.5 Å². The SMILES string of the molecule is O=C(Cc1csc(-c2ccccc2)n1)Nc1ccc(Cl)c(-c2nnc3n2CCCCC3)c1. The van der Waals surface area contributed by atoms with Gasteiger partial charge >= 0.3 is 0 Å². The van der Waals surface area contributed by atoms with Crippen molar-refractivity contribution >= 4 is 34.5 Å². The second kappa shape index (κ2) is 9.22. The molecule has 5 rings (SSSR count).